The van der Waals surface area contributed by atoms with E-state index < -0.39 is 0 Å². The first-order valence-corrected chi connectivity index (χ1v) is 9.47. The van der Waals surface area contributed by atoms with Crippen molar-refractivity contribution in [1.29, 1.82) is 0 Å². The van der Waals surface area contributed by atoms with Crippen molar-refractivity contribution in [2.24, 2.45) is 0 Å². The fourth-order valence-corrected chi connectivity index (χ4v) is 4.47. The number of hydrogen-bond acceptors (Lipinski definition) is 5. The van der Waals surface area contributed by atoms with Gasteiger partial charge < -0.3 is 9.72 Å². The third-order valence-corrected chi connectivity index (χ3v) is 5.78. The van der Waals surface area contributed by atoms with Gasteiger partial charge in [-0.15, -0.1) is 11.3 Å². The van der Waals surface area contributed by atoms with Gasteiger partial charge in [-0.1, -0.05) is 12.1 Å². The molecular formula is C19H19N3OS2. The molecule has 3 aromatic rings. The first-order valence-electron chi connectivity index (χ1n) is 8.24. The molecule has 0 spiro atoms. The summed E-state index contributed by atoms with van der Waals surface area (Å²) in [6.07, 6.45) is 2.90. The molecule has 0 aliphatic carbocycles. The van der Waals surface area contributed by atoms with Crippen molar-refractivity contribution in [3.8, 4) is 16.2 Å². The normalized spacial score (nSPS) is 14.3. The lowest BCUT2D eigenvalue weighted by Crippen LogP contribution is -2.30. The molecule has 4 nitrogen and oxygen atoms in total. The highest BCUT2D eigenvalue weighted by molar-refractivity contribution is 7.71. The quantitative estimate of drug-likeness (QED) is 0.691. The molecule has 6 heteroatoms. The smallest absolute Gasteiger partial charge is 0.196 e. The highest BCUT2D eigenvalue weighted by atomic mass is 32.1. The van der Waals surface area contributed by atoms with Gasteiger partial charge in [0.1, 0.15) is 5.75 Å². The fourth-order valence-electron chi connectivity index (χ4n) is 3.22. The summed E-state index contributed by atoms with van der Waals surface area (Å²) in [5.74, 6) is 0.920. The number of ether oxygens (including phenoxy) is 1. The number of aromatic amines is 1. The highest BCUT2D eigenvalue weighted by Crippen LogP contribution is 2.35. The third kappa shape index (κ3) is 3.51. The van der Waals surface area contributed by atoms with E-state index in [0.29, 0.717) is 4.77 Å². The molecule has 0 atom stereocenters. The second-order valence-corrected chi connectivity index (χ2v) is 7.67. The molecular weight excluding hydrogens is 350 g/mol. The van der Waals surface area contributed by atoms with Crippen molar-refractivity contribution >= 4 is 23.6 Å². The number of para-hydroxylation sites is 1. The minimum Gasteiger partial charge on any atom is -0.496 e. The minimum absolute atomic E-state index is 0.576. The number of fused-ring (bicyclic) bond motifs is 1. The number of aromatic nitrogens is 2. The van der Waals surface area contributed by atoms with Crippen LogP contribution in [0.2, 0.25) is 0 Å². The number of nitrogens with zero attached hydrogens (tertiary/aromatic N) is 2. The van der Waals surface area contributed by atoms with E-state index in [9.17, 15) is 0 Å². The van der Waals surface area contributed by atoms with Crippen LogP contribution < -0.4 is 4.74 Å². The van der Waals surface area contributed by atoms with Crippen LogP contribution in [0.3, 0.4) is 0 Å². The van der Waals surface area contributed by atoms with Gasteiger partial charge in [0.15, 0.2) is 4.77 Å². The summed E-state index contributed by atoms with van der Waals surface area (Å²) in [5.41, 5.74) is 3.64. The fraction of sp³-hybridized carbons (Fsp3) is 0.263. The molecule has 1 N–H and O–H groups in total. The first kappa shape index (κ1) is 16.4. The molecule has 128 valence electrons. The topological polar surface area (TPSA) is 41.1 Å². The summed E-state index contributed by atoms with van der Waals surface area (Å²) in [6, 6.07) is 12.6. The van der Waals surface area contributed by atoms with Crippen molar-refractivity contribution in [3.63, 3.8) is 0 Å². The zero-order chi connectivity index (χ0) is 17.2. The Bertz CT molecular complexity index is 948. The maximum Gasteiger partial charge on any atom is 0.196 e. The van der Waals surface area contributed by atoms with Gasteiger partial charge in [-0.3, -0.25) is 4.90 Å². The van der Waals surface area contributed by atoms with Crippen LogP contribution >= 0.6 is 23.6 Å². The number of H-pyrrole nitrogens is 1. The molecule has 0 amide bonds. The number of benzene rings is 1. The maximum atomic E-state index is 5.48. The lowest BCUT2D eigenvalue weighted by Gasteiger charge is -2.27. The van der Waals surface area contributed by atoms with E-state index >= 15 is 0 Å². The zero-order valence-corrected chi connectivity index (χ0v) is 15.6. The summed E-state index contributed by atoms with van der Waals surface area (Å²) in [5, 5.41) is 0. The van der Waals surface area contributed by atoms with E-state index in [0.717, 1.165) is 37.4 Å². The minimum atomic E-state index is 0.576. The zero-order valence-electron chi connectivity index (χ0n) is 14.0. The Labute approximate surface area is 156 Å². The largest absolute Gasteiger partial charge is 0.496 e. The summed E-state index contributed by atoms with van der Waals surface area (Å²) in [6.45, 7) is 2.90. The van der Waals surface area contributed by atoms with E-state index in [1.807, 2.05) is 29.7 Å². The number of nitrogens with one attached hydrogen (secondary N) is 1. The predicted molar refractivity (Wildman–Crippen MR) is 104 cm³/mol. The average Bonchev–Trinajstić information content (AvgIpc) is 3.10. The van der Waals surface area contributed by atoms with Crippen molar-refractivity contribution in [2.75, 3.05) is 13.7 Å². The van der Waals surface area contributed by atoms with Crippen LogP contribution in [-0.4, -0.2) is 28.5 Å². The van der Waals surface area contributed by atoms with Crippen molar-refractivity contribution in [1.82, 2.24) is 14.9 Å². The van der Waals surface area contributed by atoms with Crippen molar-refractivity contribution in [3.05, 3.63) is 63.5 Å². The van der Waals surface area contributed by atoms with Gasteiger partial charge in [0.25, 0.3) is 0 Å². The van der Waals surface area contributed by atoms with E-state index in [1.165, 1.54) is 21.0 Å². The van der Waals surface area contributed by atoms with Gasteiger partial charge in [0.2, 0.25) is 0 Å². The molecule has 0 unspecified atom stereocenters. The SMILES string of the molecule is COc1ccccc1-c1ccc(CN2CCc3[nH]c(=S)ncc3C2)s1. The maximum absolute atomic E-state index is 5.48. The summed E-state index contributed by atoms with van der Waals surface area (Å²) in [7, 11) is 1.72. The Balaban J connectivity index is 1.50. The van der Waals surface area contributed by atoms with E-state index in [-0.39, 0.29) is 0 Å². The molecule has 4 rings (SSSR count). The van der Waals surface area contributed by atoms with Crippen LogP contribution in [0.25, 0.3) is 10.4 Å². The Morgan fingerprint density at radius 3 is 3.04 bits per heavy atom. The number of methoxy groups -OCH3 is 1. The van der Waals surface area contributed by atoms with Gasteiger partial charge in [-0.2, -0.15) is 0 Å². The van der Waals surface area contributed by atoms with Crippen LogP contribution in [-0.2, 0) is 19.5 Å². The highest BCUT2D eigenvalue weighted by Gasteiger charge is 2.18. The summed E-state index contributed by atoms with van der Waals surface area (Å²) in [4.78, 5) is 12.5. The molecule has 0 saturated heterocycles. The molecule has 0 bridgehead atoms. The van der Waals surface area contributed by atoms with Crippen LogP contribution in [0, 0.1) is 4.77 Å². The van der Waals surface area contributed by atoms with Crippen LogP contribution in [0.15, 0.2) is 42.6 Å². The molecule has 1 aliphatic rings. The van der Waals surface area contributed by atoms with Gasteiger partial charge >= 0.3 is 0 Å². The Morgan fingerprint density at radius 2 is 2.16 bits per heavy atom. The predicted octanol–water partition coefficient (Wildman–Crippen LogP) is 4.43. The monoisotopic (exact) mass is 369 g/mol. The Morgan fingerprint density at radius 1 is 1.28 bits per heavy atom. The number of hydrogen-bond donors (Lipinski definition) is 1. The molecule has 2 aromatic heterocycles. The standard InChI is InChI=1S/C19H19N3OS2/c1-23-17-5-3-2-4-15(17)18-7-6-14(25-18)12-22-9-8-16-13(11-22)10-20-19(24)21-16/h2-7,10H,8-9,11-12H2,1H3,(H,20,21,24). The van der Waals surface area contributed by atoms with Crippen LogP contribution in [0.1, 0.15) is 16.1 Å². The Kier molecular flexibility index (Phi) is 4.65. The van der Waals surface area contributed by atoms with Crippen molar-refractivity contribution in [2.45, 2.75) is 19.5 Å². The lowest BCUT2D eigenvalue weighted by molar-refractivity contribution is 0.245. The summed E-state index contributed by atoms with van der Waals surface area (Å²) < 4.78 is 6.06. The van der Waals surface area contributed by atoms with Gasteiger partial charge in [-0.05, 0) is 36.5 Å². The summed E-state index contributed by atoms with van der Waals surface area (Å²) >= 11 is 6.94. The lowest BCUT2D eigenvalue weighted by atomic mass is 10.1. The second kappa shape index (κ2) is 7.07. The Hall–Kier alpha value is -2.02. The van der Waals surface area contributed by atoms with E-state index in [4.69, 9.17) is 17.0 Å². The average molecular weight is 370 g/mol. The molecule has 0 radical (unpaired) electrons. The van der Waals surface area contributed by atoms with Crippen LogP contribution in [0.4, 0.5) is 0 Å². The van der Waals surface area contributed by atoms with E-state index in [2.05, 4.69) is 39.1 Å². The van der Waals surface area contributed by atoms with Gasteiger partial charge in [0, 0.05) is 58.8 Å². The van der Waals surface area contributed by atoms with Crippen molar-refractivity contribution < 1.29 is 4.74 Å². The number of rotatable bonds is 4. The molecule has 1 aromatic carbocycles. The molecule has 3 heterocycles. The van der Waals surface area contributed by atoms with E-state index in [1.54, 1.807) is 7.11 Å². The molecule has 0 fully saturated rings. The molecule has 25 heavy (non-hydrogen) atoms. The first-order chi connectivity index (χ1) is 12.2. The second-order valence-electron chi connectivity index (χ2n) is 6.12. The molecule has 0 saturated carbocycles. The number of thiophene rings is 1. The van der Waals surface area contributed by atoms with Gasteiger partial charge in [-0.25, -0.2) is 4.98 Å². The van der Waals surface area contributed by atoms with Crippen LogP contribution in [0.5, 0.6) is 5.75 Å². The molecule has 1 aliphatic heterocycles. The third-order valence-electron chi connectivity index (χ3n) is 4.47. The van der Waals surface area contributed by atoms with Gasteiger partial charge in [0.05, 0.1) is 7.11 Å².